The van der Waals surface area contributed by atoms with Gasteiger partial charge in [-0.05, 0) is 12.8 Å². The maximum Gasteiger partial charge on any atom is 0.262 e. The number of alkyl halides is 3. The molecule has 0 aromatic rings. The zero-order chi connectivity index (χ0) is 8.32. The van der Waals surface area contributed by atoms with Gasteiger partial charge in [0.15, 0.2) is 0 Å². The van der Waals surface area contributed by atoms with E-state index in [9.17, 15) is 8.78 Å². The zero-order valence-corrected chi connectivity index (χ0v) is 7.74. The molecule has 0 radical (unpaired) electrons. The van der Waals surface area contributed by atoms with Crippen LogP contribution in [0.4, 0.5) is 8.78 Å². The summed E-state index contributed by atoms with van der Waals surface area (Å²) in [6, 6.07) is 0. The largest absolute Gasteiger partial charge is 0.381 e. The van der Waals surface area contributed by atoms with Crippen molar-refractivity contribution in [1.82, 2.24) is 0 Å². The van der Waals surface area contributed by atoms with Gasteiger partial charge in [-0.15, -0.1) is 0 Å². The fourth-order valence-corrected chi connectivity index (χ4v) is 1.64. The molecular formula is C7H11BrF2O. The molecule has 1 aliphatic heterocycles. The summed E-state index contributed by atoms with van der Waals surface area (Å²) in [7, 11) is 0. The van der Waals surface area contributed by atoms with Gasteiger partial charge in [0.05, 0.1) is 11.9 Å². The van der Waals surface area contributed by atoms with Crippen molar-refractivity contribution in [3.05, 3.63) is 0 Å². The number of ether oxygens (including phenoxy) is 1. The average Bonchev–Trinajstić information content (AvgIpc) is 2.06. The van der Waals surface area contributed by atoms with Gasteiger partial charge in [-0.1, -0.05) is 15.9 Å². The maximum atomic E-state index is 12.9. The van der Waals surface area contributed by atoms with Crippen LogP contribution in [0.3, 0.4) is 0 Å². The first kappa shape index (κ1) is 9.39. The van der Waals surface area contributed by atoms with Crippen LogP contribution in [-0.2, 0) is 4.74 Å². The first-order valence-corrected chi connectivity index (χ1v) is 4.80. The molecule has 0 amide bonds. The molecular weight excluding hydrogens is 218 g/mol. The second-order valence-corrected chi connectivity index (χ2v) is 3.37. The summed E-state index contributed by atoms with van der Waals surface area (Å²) in [4.78, 5) is 0. The minimum Gasteiger partial charge on any atom is -0.381 e. The van der Waals surface area contributed by atoms with Gasteiger partial charge in [0.1, 0.15) is 0 Å². The second-order valence-electron chi connectivity index (χ2n) is 2.81. The van der Waals surface area contributed by atoms with Crippen molar-refractivity contribution < 1.29 is 13.5 Å². The fourth-order valence-electron chi connectivity index (χ4n) is 1.18. The van der Waals surface area contributed by atoms with Gasteiger partial charge in [-0.25, -0.2) is 8.78 Å². The average molecular weight is 229 g/mol. The van der Waals surface area contributed by atoms with E-state index in [2.05, 4.69) is 15.9 Å². The van der Waals surface area contributed by atoms with Crippen LogP contribution in [0.5, 0.6) is 0 Å². The summed E-state index contributed by atoms with van der Waals surface area (Å²) < 4.78 is 30.8. The van der Waals surface area contributed by atoms with E-state index in [1.807, 2.05) is 0 Å². The zero-order valence-electron chi connectivity index (χ0n) is 6.16. The van der Waals surface area contributed by atoms with Crippen molar-refractivity contribution in [1.29, 1.82) is 0 Å². The van der Waals surface area contributed by atoms with Crippen LogP contribution < -0.4 is 0 Å². The highest BCUT2D eigenvalue weighted by atomic mass is 79.9. The van der Waals surface area contributed by atoms with E-state index < -0.39 is 11.8 Å². The van der Waals surface area contributed by atoms with E-state index in [4.69, 9.17) is 4.74 Å². The van der Waals surface area contributed by atoms with Crippen LogP contribution in [0.1, 0.15) is 12.8 Å². The molecule has 1 aliphatic rings. The first-order valence-electron chi connectivity index (χ1n) is 3.68. The summed E-state index contributed by atoms with van der Waals surface area (Å²) in [5, 5.41) is -0.256. The van der Waals surface area contributed by atoms with Gasteiger partial charge < -0.3 is 4.74 Å². The molecule has 0 spiro atoms. The Hall–Kier alpha value is 0.300. The van der Waals surface area contributed by atoms with Crippen LogP contribution in [0.15, 0.2) is 0 Å². The molecule has 1 nitrogen and oxygen atoms in total. The Bertz CT molecular complexity index is 124. The van der Waals surface area contributed by atoms with E-state index in [0.717, 1.165) is 6.42 Å². The summed E-state index contributed by atoms with van der Waals surface area (Å²) in [5.41, 5.74) is 0. The highest BCUT2D eigenvalue weighted by molar-refractivity contribution is 9.09. The maximum absolute atomic E-state index is 12.9. The molecule has 0 aromatic heterocycles. The molecule has 66 valence electrons. The predicted molar refractivity (Wildman–Crippen MR) is 42.3 cm³/mol. The first-order chi connectivity index (χ1) is 5.17. The summed E-state index contributed by atoms with van der Waals surface area (Å²) in [6.07, 6.45) is 1.34. The molecule has 1 saturated heterocycles. The van der Waals surface area contributed by atoms with Gasteiger partial charge in [0.25, 0.3) is 5.92 Å². The van der Waals surface area contributed by atoms with Crippen molar-refractivity contribution >= 4 is 15.9 Å². The lowest BCUT2D eigenvalue weighted by molar-refractivity contribution is -0.0903. The SMILES string of the molecule is FC(F)(CBr)C1CCCOC1. The van der Waals surface area contributed by atoms with Crippen molar-refractivity contribution in [2.75, 3.05) is 18.5 Å². The quantitative estimate of drug-likeness (QED) is 0.661. The molecule has 1 rings (SSSR count). The Labute approximate surface area is 73.2 Å². The van der Waals surface area contributed by atoms with E-state index in [-0.39, 0.29) is 11.9 Å². The van der Waals surface area contributed by atoms with Crippen LogP contribution in [0.2, 0.25) is 0 Å². The molecule has 0 N–H and O–H groups in total. The Morgan fingerprint density at radius 2 is 2.27 bits per heavy atom. The normalized spacial score (nSPS) is 27.0. The van der Waals surface area contributed by atoms with Crippen molar-refractivity contribution in [2.45, 2.75) is 18.8 Å². The van der Waals surface area contributed by atoms with E-state index in [1.54, 1.807) is 0 Å². The minimum absolute atomic E-state index is 0.207. The molecule has 0 aliphatic carbocycles. The molecule has 0 aromatic carbocycles. The molecule has 1 fully saturated rings. The third-order valence-electron chi connectivity index (χ3n) is 1.94. The van der Waals surface area contributed by atoms with E-state index in [0.29, 0.717) is 13.0 Å². The third kappa shape index (κ3) is 2.37. The summed E-state index contributed by atoms with van der Waals surface area (Å²) >= 11 is 2.80. The lowest BCUT2D eigenvalue weighted by atomic mass is 9.96. The highest BCUT2D eigenvalue weighted by Gasteiger charge is 2.39. The summed E-state index contributed by atoms with van der Waals surface area (Å²) in [5.74, 6) is -3.18. The smallest absolute Gasteiger partial charge is 0.262 e. The summed E-state index contributed by atoms with van der Waals surface area (Å²) in [6.45, 7) is 0.841. The standard InChI is InChI=1S/C7H11BrF2O/c8-5-7(9,10)6-2-1-3-11-4-6/h6H,1-5H2. The molecule has 1 unspecified atom stereocenters. The monoisotopic (exact) mass is 228 g/mol. The molecule has 1 heterocycles. The lowest BCUT2D eigenvalue weighted by Gasteiger charge is -2.28. The van der Waals surface area contributed by atoms with Crippen molar-refractivity contribution in [3.8, 4) is 0 Å². The molecule has 4 heteroatoms. The van der Waals surface area contributed by atoms with Crippen LogP contribution >= 0.6 is 15.9 Å². The van der Waals surface area contributed by atoms with Crippen LogP contribution in [0.25, 0.3) is 0 Å². The van der Waals surface area contributed by atoms with Gasteiger partial charge >= 0.3 is 0 Å². The molecule has 0 bridgehead atoms. The Balaban J connectivity index is 2.43. The van der Waals surface area contributed by atoms with Gasteiger partial charge in [-0.3, -0.25) is 0 Å². The topological polar surface area (TPSA) is 9.23 Å². The number of hydrogen-bond acceptors (Lipinski definition) is 1. The Morgan fingerprint density at radius 3 is 2.73 bits per heavy atom. The van der Waals surface area contributed by atoms with Gasteiger partial charge in [0.2, 0.25) is 0 Å². The van der Waals surface area contributed by atoms with Gasteiger partial charge in [-0.2, -0.15) is 0 Å². The van der Waals surface area contributed by atoms with Gasteiger partial charge in [0, 0.05) is 12.5 Å². The molecule has 11 heavy (non-hydrogen) atoms. The van der Waals surface area contributed by atoms with E-state index >= 15 is 0 Å². The number of hydrogen-bond donors (Lipinski definition) is 0. The highest BCUT2D eigenvalue weighted by Crippen LogP contribution is 2.32. The number of rotatable bonds is 2. The number of halogens is 3. The Kier molecular flexibility index (Phi) is 3.25. The second kappa shape index (κ2) is 3.81. The lowest BCUT2D eigenvalue weighted by Crippen LogP contribution is -2.36. The fraction of sp³-hybridized carbons (Fsp3) is 1.00. The van der Waals surface area contributed by atoms with E-state index in [1.165, 1.54) is 0 Å². The molecule has 0 saturated carbocycles. The third-order valence-corrected chi connectivity index (χ3v) is 2.68. The van der Waals surface area contributed by atoms with Crippen LogP contribution in [-0.4, -0.2) is 24.5 Å². The van der Waals surface area contributed by atoms with Crippen LogP contribution in [0, 0.1) is 5.92 Å². The van der Waals surface area contributed by atoms with Crippen molar-refractivity contribution in [2.24, 2.45) is 5.92 Å². The van der Waals surface area contributed by atoms with Crippen molar-refractivity contribution in [3.63, 3.8) is 0 Å². The Morgan fingerprint density at radius 1 is 1.55 bits per heavy atom. The predicted octanol–water partition coefficient (Wildman–Crippen LogP) is 2.44. The molecule has 1 atom stereocenters. The minimum atomic E-state index is -2.60.